The summed E-state index contributed by atoms with van der Waals surface area (Å²) in [5.74, 6) is 0. The van der Waals surface area contributed by atoms with Gasteiger partial charge in [0.2, 0.25) is 0 Å². The summed E-state index contributed by atoms with van der Waals surface area (Å²) in [6, 6.07) is 4.35. The number of carbonyl (C=O) groups is 1. The number of alkyl carbamates (subject to hydrolysis) is 1. The number of aromatic nitrogens is 2. The highest BCUT2D eigenvalue weighted by Gasteiger charge is 2.56. The van der Waals surface area contributed by atoms with Crippen LogP contribution >= 0.6 is 0 Å². The lowest BCUT2D eigenvalue weighted by atomic mass is 10.0. The fourth-order valence-corrected chi connectivity index (χ4v) is 4.94. The second-order valence-electron chi connectivity index (χ2n) is 9.98. The smallest absolute Gasteiger partial charge is 0.407 e. The van der Waals surface area contributed by atoms with Crippen molar-refractivity contribution in [1.82, 2.24) is 15.1 Å². The Hall–Kier alpha value is -2.48. The van der Waals surface area contributed by atoms with Crippen molar-refractivity contribution >= 4 is 28.4 Å². The van der Waals surface area contributed by atoms with E-state index in [1.807, 2.05) is 33.0 Å². The molecule has 162 valence electrons. The molecule has 0 radical (unpaired) electrons. The zero-order valence-corrected chi connectivity index (χ0v) is 18.0. The predicted octanol–water partition coefficient (Wildman–Crippen LogP) is 3.07. The van der Waals surface area contributed by atoms with Crippen LogP contribution in [0.15, 0.2) is 18.3 Å². The number of fused-ring (bicyclic) bond motifs is 1. The van der Waals surface area contributed by atoms with Crippen LogP contribution in [-0.4, -0.2) is 53.8 Å². The topological polar surface area (TPSA) is 94.6 Å². The first-order valence-electron chi connectivity index (χ1n) is 10.8. The van der Waals surface area contributed by atoms with E-state index >= 15 is 0 Å². The zero-order chi connectivity index (χ0) is 21.1. The number of benzene rings is 1. The van der Waals surface area contributed by atoms with Crippen molar-refractivity contribution in [2.75, 3.05) is 36.9 Å². The Morgan fingerprint density at radius 3 is 2.83 bits per heavy atom. The van der Waals surface area contributed by atoms with Crippen molar-refractivity contribution in [3.8, 4) is 0 Å². The van der Waals surface area contributed by atoms with Gasteiger partial charge in [-0.25, -0.2) is 4.79 Å². The molecule has 0 bridgehead atoms. The van der Waals surface area contributed by atoms with Crippen molar-refractivity contribution in [3.05, 3.63) is 18.3 Å². The summed E-state index contributed by atoms with van der Waals surface area (Å²) in [6.45, 7) is 8.74. The Morgan fingerprint density at radius 2 is 2.17 bits per heavy atom. The van der Waals surface area contributed by atoms with Gasteiger partial charge < -0.3 is 25.4 Å². The van der Waals surface area contributed by atoms with E-state index < -0.39 is 5.60 Å². The van der Waals surface area contributed by atoms with E-state index in [2.05, 4.69) is 26.1 Å². The molecule has 3 fully saturated rings. The highest BCUT2D eigenvalue weighted by atomic mass is 16.6. The first-order chi connectivity index (χ1) is 14.3. The quantitative estimate of drug-likeness (QED) is 0.751. The fourth-order valence-electron chi connectivity index (χ4n) is 4.94. The maximum atomic E-state index is 12.4. The van der Waals surface area contributed by atoms with Gasteiger partial charge in [-0.15, -0.1) is 0 Å². The van der Waals surface area contributed by atoms with E-state index in [-0.39, 0.29) is 23.6 Å². The van der Waals surface area contributed by atoms with Crippen LogP contribution < -0.4 is 16.0 Å². The third-order valence-electron chi connectivity index (χ3n) is 6.58. The molecule has 1 saturated carbocycles. The van der Waals surface area contributed by atoms with Gasteiger partial charge in [-0.05, 0) is 52.2 Å². The molecule has 2 atom stereocenters. The number of rotatable bonds is 3. The van der Waals surface area contributed by atoms with Gasteiger partial charge in [0.1, 0.15) is 5.60 Å². The Kier molecular flexibility index (Phi) is 4.39. The zero-order valence-electron chi connectivity index (χ0n) is 18.0. The largest absolute Gasteiger partial charge is 0.444 e. The minimum absolute atomic E-state index is 0.0558. The summed E-state index contributed by atoms with van der Waals surface area (Å²) >= 11 is 0. The fraction of sp³-hybridized carbons (Fsp3) is 0.636. The highest BCUT2D eigenvalue weighted by molar-refractivity contribution is 5.98. The van der Waals surface area contributed by atoms with Crippen molar-refractivity contribution < 1.29 is 14.3 Å². The lowest BCUT2D eigenvalue weighted by Crippen LogP contribution is -2.44. The molecule has 8 heteroatoms. The molecule has 1 aromatic carbocycles. The van der Waals surface area contributed by atoms with Gasteiger partial charge in [-0.1, -0.05) is 0 Å². The number of nitrogens with two attached hydrogens (primary N) is 1. The molecule has 8 nitrogen and oxygen atoms in total. The number of amides is 1. The maximum absolute atomic E-state index is 12.4. The number of nitrogens with one attached hydrogen (secondary N) is 1. The van der Waals surface area contributed by atoms with Gasteiger partial charge in [0.15, 0.2) is 0 Å². The van der Waals surface area contributed by atoms with Crippen LogP contribution in [0.25, 0.3) is 10.9 Å². The van der Waals surface area contributed by atoms with E-state index in [4.69, 9.17) is 15.2 Å². The number of ether oxygens (including phenoxy) is 2. The Bertz CT molecular complexity index is 969. The summed E-state index contributed by atoms with van der Waals surface area (Å²) in [7, 11) is 0. The lowest BCUT2D eigenvalue weighted by Gasteiger charge is -2.24. The van der Waals surface area contributed by atoms with E-state index in [1.54, 1.807) is 0 Å². The minimum atomic E-state index is -0.506. The van der Waals surface area contributed by atoms with Crippen molar-refractivity contribution in [2.45, 2.75) is 57.7 Å². The first kappa shape index (κ1) is 19.5. The maximum Gasteiger partial charge on any atom is 0.407 e. The molecule has 3 heterocycles. The molecular weight excluding hydrogens is 382 g/mol. The molecule has 5 rings (SSSR count). The van der Waals surface area contributed by atoms with Crippen LogP contribution in [-0.2, 0) is 9.47 Å². The van der Waals surface area contributed by atoms with Crippen molar-refractivity contribution in [2.24, 2.45) is 5.41 Å². The molecule has 3 N–H and O–H groups in total. The monoisotopic (exact) mass is 413 g/mol. The SMILES string of the molecule is CC(C)(C)OC(=O)N[C@H]1CN(c2c(N)ccc3c2cnn3[C@H]2CCOC2)CC12CC2. The molecule has 2 saturated heterocycles. The lowest BCUT2D eigenvalue weighted by molar-refractivity contribution is 0.0493. The number of anilines is 2. The molecule has 1 spiro atoms. The second-order valence-corrected chi connectivity index (χ2v) is 9.98. The summed E-state index contributed by atoms with van der Waals surface area (Å²) in [5.41, 5.74) is 8.92. The Morgan fingerprint density at radius 1 is 1.37 bits per heavy atom. The molecular formula is C22H31N5O3. The van der Waals surface area contributed by atoms with Crippen LogP contribution in [0.4, 0.5) is 16.2 Å². The van der Waals surface area contributed by atoms with Crippen LogP contribution in [0.2, 0.25) is 0 Å². The standard InChI is InChI=1S/C22H31N5O3/c1-21(2,3)30-20(28)25-18-11-26(13-22(18)7-8-22)19-15-10-24-27(14-6-9-29-12-14)17(15)5-4-16(19)23/h4-5,10,14,18H,6-9,11-13,23H2,1-3H3,(H,25,28)/t14-,18-/m0/s1. The van der Waals surface area contributed by atoms with Crippen LogP contribution in [0.5, 0.6) is 0 Å². The third-order valence-corrected chi connectivity index (χ3v) is 6.58. The van der Waals surface area contributed by atoms with Gasteiger partial charge in [0.05, 0.1) is 41.8 Å². The molecule has 0 unspecified atom stereocenters. The molecule has 30 heavy (non-hydrogen) atoms. The van der Waals surface area contributed by atoms with Gasteiger partial charge in [-0.3, -0.25) is 4.68 Å². The third kappa shape index (κ3) is 3.37. The van der Waals surface area contributed by atoms with Crippen molar-refractivity contribution in [1.29, 1.82) is 0 Å². The normalized spacial score (nSPS) is 25.2. The van der Waals surface area contributed by atoms with E-state index in [0.29, 0.717) is 6.61 Å². The van der Waals surface area contributed by atoms with Gasteiger partial charge in [0.25, 0.3) is 0 Å². The number of carbonyl (C=O) groups excluding carboxylic acids is 1. The minimum Gasteiger partial charge on any atom is -0.444 e. The second kappa shape index (κ2) is 6.77. The van der Waals surface area contributed by atoms with Gasteiger partial charge in [0, 0.05) is 30.5 Å². The van der Waals surface area contributed by atoms with Crippen LogP contribution in [0.1, 0.15) is 46.1 Å². The molecule has 1 aliphatic carbocycles. The van der Waals surface area contributed by atoms with Gasteiger partial charge in [-0.2, -0.15) is 5.10 Å². The van der Waals surface area contributed by atoms with Crippen LogP contribution in [0, 0.1) is 5.41 Å². The predicted molar refractivity (Wildman–Crippen MR) is 116 cm³/mol. The van der Waals surface area contributed by atoms with Crippen LogP contribution in [0.3, 0.4) is 0 Å². The summed E-state index contributed by atoms with van der Waals surface area (Å²) < 4.78 is 13.1. The van der Waals surface area contributed by atoms with Crippen molar-refractivity contribution in [3.63, 3.8) is 0 Å². The summed E-state index contributed by atoms with van der Waals surface area (Å²) in [6.07, 6.45) is 4.77. The molecule has 2 aliphatic heterocycles. The Balaban J connectivity index is 1.42. The molecule has 1 aromatic heterocycles. The summed E-state index contributed by atoms with van der Waals surface area (Å²) in [4.78, 5) is 14.7. The molecule has 1 amide bonds. The Labute approximate surface area is 176 Å². The molecule has 2 aromatic rings. The van der Waals surface area contributed by atoms with Gasteiger partial charge >= 0.3 is 6.09 Å². The van der Waals surface area contributed by atoms with E-state index in [9.17, 15) is 4.79 Å². The average molecular weight is 414 g/mol. The van der Waals surface area contributed by atoms with E-state index in [1.165, 1.54) is 0 Å². The number of hydrogen-bond acceptors (Lipinski definition) is 6. The molecule has 3 aliphatic rings. The highest BCUT2D eigenvalue weighted by Crippen LogP contribution is 2.54. The number of nitrogen functional groups attached to an aromatic ring is 1. The van der Waals surface area contributed by atoms with E-state index in [0.717, 1.165) is 61.2 Å². The number of hydrogen-bond donors (Lipinski definition) is 2. The first-order valence-corrected chi connectivity index (χ1v) is 10.8. The summed E-state index contributed by atoms with van der Waals surface area (Å²) in [5, 5.41) is 8.86. The average Bonchev–Trinajstić information content (AvgIpc) is 2.99. The number of nitrogens with zero attached hydrogens (tertiary/aromatic N) is 3.